The highest BCUT2D eigenvalue weighted by Gasteiger charge is 2.34. The number of hydrogen-bond acceptors (Lipinski definition) is 14. The average molecular weight is 1650 g/mol. The predicted octanol–water partition coefficient (Wildman–Crippen LogP) is 16.8. The van der Waals surface area contributed by atoms with Crippen molar-refractivity contribution in [3.05, 3.63) is 325 Å². The Kier molecular flexibility index (Phi) is 25.4. The van der Waals surface area contributed by atoms with Gasteiger partial charge in [0.2, 0.25) is 0 Å². The van der Waals surface area contributed by atoms with Crippen LogP contribution in [0.5, 0.6) is 0 Å². The second-order valence-corrected chi connectivity index (χ2v) is 35.9. The van der Waals surface area contributed by atoms with E-state index in [1.807, 2.05) is 106 Å². The van der Waals surface area contributed by atoms with E-state index in [0.717, 1.165) is 155 Å². The number of halogens is 1. The smallest absolute Gasteiger partial charge is 0.106 e. The van der Waals surface area contributed by atoms with Gasteiger partial charge in [-0.3, -0.25) is 24.9 Å². The molecule has 4 unspecified atom stereocenters. The van der Waals surface area contributed by atoms with Crippen molar-refractivity contribution in [3.63, 3.8) is 0 Å². The van der Waals surface area contributed by atoms with Gasteiger partial charge in [-0.25, -0.2) is 0 Å². The SMILES string of the molecule is CN1CCc2c(c3cc(Cl)ccc3n2CC(O)c2cccnc2)C1.CN1CCc2c(c3ccncc3n2CCc2ccccn2)C1.Cc1ccc(C(C)(O)Cn2c3c(c4cc(C)ccc42)CN(C)CC3)cc1.Cc1ccc2c(c1)c1c(n2CC(C)(O)c2ccc(C)nc2)CCN(C)C1.Cc1ccc2c(c1)c1c(n2CC(O)c2cccnc2)CCN(C)C1. The van der Waals surface area contributed by atoms with Crippen molar-refractivity contribution in [1.82, 2.24) is 72.3 Å². The van der Waals surface area contributed by atoms with E-state index in [0.29, 0.717) is 26.2 Å². The second kappa shape index (κ2) is 36.5. The Hall–Kier alpha value is -10.5. The van der Waals surface area contributed by atoms with Crippen LogP contribution in [0.1, 0.15) is 138 Å². The Labute approximate surface area is 722 Å². The number of aromatic nitrogens is 10. The summed E-state index contributed by atoms with van der Waals surface area (Å²) in [6.07, 6.45) is 19.5. The molecule has 0 bridgehead atoms. The topological polar surface area (TPSA) is 186 Å². The van der Waals surface area contributed by atoms with E-state index in [2.05, 4.69) is 226 Å². The summed E-state index contributed by atoms with van der Waals surface area (Å²) in [5.74, 6) is 0. The molecule has 0 saturated heterocycles. The van der Waals surface area contributed by atoms with Crippen LogP contribution >= 0.6 is 11.6 Å². The van der Waals surface area contributed by atoms with Crippen LogP contribution in [0.4, 0.5) is 0 Å². The van der Waals surface area contributed by atoms with Gasteiger partial charge in [0.25, 0.3) is 0 Å². The highest BCUT2D eigenvalue weighted by Crippen LogP contribution is 2.40. The van der Waals surface area contributed by atoms with Gasteiger partial charge in [0.05, 0.1) is 50.1 Å². The second-order valence-electron chi connectivity index (χ2n) is 35.5. The lowest BCUT2D eigenvalue weighted by Crippen LogP contribution is -2.31. The lowest BCUT2D eigenvalue weighted by molar-refractivity contribution is 0.0378. The van der Waals surface area contributed by atoms with Crippen molar-refractivity contribution in [2.75, 3.05) is 68.0 Å². The summed E-state index contributed by atoms with van der Waals surface area (Å²) < 4.78 is 11.7. The minimum atomic E-state index is -0.964. The molecule has 632 valence electrons. The van der Waals surface area contributed by atoms with Gasteiger partial charge in [-0.2, -0.15) is 0 Å². The Morgan fingerprint density at radius 3 is 1.20 bits per heavy atom. The molecular formula is C102H118ClN15O4. The summed E-state index contributed by atoms with van der Waals surface area (Å²) in [7, 11) is 10.9. The van der Waals surface area contributed by atoms with Crippen LogP contribution in [-0.2, 0) is 115 Å². The maximum absolute atomic E-state index is 11.3. The first kappa shape index (κ1) is 85.1. The molecule has 4 atom stereocenters. The van der Waals surface area contributed by atoms with E-state index >= 15 is 0 Å². The lowest BCUT2D eigenvalue weighted by atomic mass is 9.94. The summed E-state index contributed by atoms with van der Waals surface area (Å²) in [6.45, 7) is 27.7. The highest BCUT2D eigenvalue weighted by atomic mass is 35.5. The maximum atomic E-state index is 11.3. The van der Waals surface area contributed by atoms with Gasteiger partial charge in [-0.15, -0.1) is 0 Å². The number of nitrogens with zero attached hydrogens (tertiary/aromatic N) is 15. The fourth-order valence-electron chi connectivity index (χ4n) is 19.1. The number of fused-ring (bicyclic) bond motifs is 15. The summed E-state index contributed by atoms with van der Waals surface area (Å²) in [6, 6.07) is 54.1. The first-order valence-electron chi connectivity index (χ1n) is 43.3. The quantitative estimate of drug-likeness (QED) is 0.0759. The van der Waals surface area contributed by atoms with Crippen molar-refractivity contribution in [1.29, 1.82) is 0 Å². The molecule has 122 heavy (non-hydrogen) atoms. The van der Waals surface area contributed by atoms with E-state index in [1.54, 1.807) is 31.0 Å². The fourth-order valence-corrected chi connectivity index (χ4v) is 19.3. The Bertz CT molecular complexity index is 5880. The highest BCUT2D eigenvalue weighted by molar-refractivity contribution is 6.31. The predicted molar refractivity (Wildman–Crippen MR) is 493 cm³/mol. The number of pyridine rings is 5. The van der Waals surface area contributed by atoms with Crippen molar-refractivity contribution in [2.45, 2.75) is 176 Å². The molecule has 0 radical (unpaired) electrons. The molecule has 20 rings (SSSR count). The van der Waals surface area contributed by atoms with Gasteiger partial charge in [-0.1, -0.05) is 101 Å². The first-order chi connectivity index (χ1) is 58.8. The molecule has 20 heteroatoms. The third-order valence-corrected chi connectivity index (χ3v) is 26.0. The molecule has 5 aliphatic rings. The molecule has 15 aromatic rings. The van der Waals surface area contributed by atoms with Crippen molar-refractivity contribution in [3.8, 4) is 0 Å². The lowest BCUT2D eigenvalue weighted by Gasteiger charge is -2.29. The van der Waals surface area contributed by atoms with Crippen LogP contribution in [0, 0.1) is 34.6 Å². The Balaban J connectivity index is 0.000000113. The van der Waals surface area contributed by atoms with Crippen LogP contribution in [0.15, 0.2) is 207 Å². The minimum absolute atomic E-state index is 0.531. The zero-order chi connectivity index (χ0) is 85.3. The van der Waals surface area contributed by atoms with Crippen molar-refractivity contribution < 1.29 is 20.4 Å². The first-order valence-corrected chi connectivity index (χ1v) is 43.7. The molecule has 0 amide bonds. The van der Waals surface area contributed by atoms with Crippen LogP contribution < -0.4 is 0 Å². The van der Waals surface area contributed by atoms with E-state index in [1.165, 1.54) is 128 Å². The van der Waals surface area contributed by atoms with E-state index in [-0.39, 0.29) is 0 Å². The summed E-state index contributed by atoms with van der Waals surface area (Å²) in [5.41, 5.74) is 28.9. The van der Waals surface area contributed by atoms with Crippen LogP contribution in [0.3, 0.4) is 0 Å². The molecule has 15 heterocycles. The number of aliphatic hydroxyl groups is 4. The Morgan fingerprint density at radius 2 is 0.770 bits per heavy atom. The third-order valence-electron chi connectivity index (χ3n) is 25.8. The largest absolute Gasteiger partial charge is 0.386 e. The number of aryl methyl sites for hydroxylation is 7. The average Bonchev–Trinajstić information content (AvgIpc) is 1.68. The van der Waals surface area contributed by atoms with Gasteiger partial charge in [0.1, 0.15) is 11.2 Å². The zero-order valence-corrected chi connectivity index (χ0v) is 73.8. The van der Waals surface area contributed by atoms with E-state index in [9.17, 15) is 20.4 Å². The monoisotopic (exact) mass is 1650 g/mol. The molecular weight excluding hydrogens is 1530 g/mol. The molecule has 10 aromatic heterocycles. The molecule has 0 aliphatic carbocycles. The molecule has 5 aromatic carbocycles. The maximum Gasteiger partial charge on any atom is 0.106 e. The summed E-state index contributed by atoms with van der Waals surface area (Å²) in [4.78, 5) is 33.2. The van der Waals surface area contributed by atoms with Crippen molar-refractivity contribution >= 4 is 66.1 Å². The summed E-state index contributed by atoms with van der Waals surface area (Å²) in [5, 5.41) is 51.2. The Morgan fingerprint density at radius 1 is 0.369 bits per heavy atom. The molecule has 0 fully saturated rings. The number of aliphatic hydroxyl groups excluding tert-OH is 2. The standard InChI is InChI=1S/C23H28N2O.C22H27N3O.C20H23N3O.C19H20ClN3O.C18H20N4/c1-16-5-8-18(9-6-16)23(3,26)15-25-21-10-7-17(2)13-19(21)20-14-24(4)12-11-22(20)25;1-15-5-8-20-18(11-15)19-13-24(4)10-9-21(19)25(20)14-22(3,26)17-7-6-16(2)23-12-17;1-14-5-6-18-16(10-14)17-12-22(2)9-7-19(17)23(18)13-20(24)15-4-3-8-21-11-15;1-22-8-6-18-16(11-22)15-9-14(20)4-5-17(15)23(18)12-19(24)13-3-2-7-21-10-13;1-21-10-7-17-16(13-21)15-5-9-19-12-18(15)22(17)11-6-14-4-2-3-8-20-14/h5-10,13,26H,11-12,14-15H2,1-4H3;5-8,11-12,26H,9-10,13-14H2,1-4H3;3-6,8,10-11,20,24H,7,9,12-13H2,1-2H3;2-5,7,9-10,19,24H,6,8,11-12H2,1H3;2-5,8-9,12H,6-7,10-11,13H2,1H3. The van der Waals surface area contributed by atoms with E-state index in [4.69, 9.17) is 11.6 Å². The molecule has 5 aliphatic heterocycles. The molecule has 19 nitrogen and oxygen atoms in total. The van der Waals surface area contributed by atoms with Gasteiger partial charge in [0, 0.05) is 264 Å². The van der Waals surface area contributed by atoms with Crippen LogP contribution in [-0.4, -0.2) is 161 Å². The normalized spacial score (nSPS) is 16.5. The van der Waals surface area contributed by atoms with Crippen LogP contribution in [0.25, 0.3) is 54.5 Å². The van der Waals surface area contributed by atoms with Gasteiger partial charge >= 0.3 is 0 Å². The molecule has 4 N–H and O–H groups in total. The number of benzene rings is 5. The van der Waals surface area contributed by atoms with E-state index < -0.39 is 23.4 Å². The number of likely N-dealkylation sites (N-methyl/N-ethyl adjacent to an activating group) is 5. The van der Waals surface area contributed by atoms with Gasteiger partial charge in [0.15, 0.2) is 0 Å². The number of rotatable bonds is 15. The third kappa shape index (κ3) is 18.4. The van der Waals surface area contributed by atoms with Gasteiger partial charge < -0.3 is 67.8 Å². The molecule has 0 saturated carbocycles. The van der Waals surface area contributed by atoms with Gasteiger partial charge in [-0.05, 0) is 208 Å². The zero-order valence-electron chi connectivity index (χ0n) is 73.0. The fraction of sp³-hybridized carbons (Fsp3) is 0.363. The number of hydrogen-bond donors (Lipinski definition) is 4. The van der Waals surface area contributed by atoms with Crippen LogP contribution in [0.2, 0.25) is 5.02 Å². The summed E-state index contributed by atoms with van der Waals surface area (Å²) >= 11 is 6.23. The minimum Gasteiger partial charge on any atom is -0.386 e. The molecule has 0 spiro atoms. The van der Waals surface area contributed by atoms with Crippen molar-refractivity contribution in [2.24, 2.45) is 0 Å².